The van der Waals surface area contributed by atoms with E-state index in [1.54, 1.807) is 0 Å². The van der Waals surface area contributed by atoms with Gasteiger partial charge in [-0.1, -0.05) is 6.42 Å². The fourth-order valence-electron chi connectivity index (χ4n) is 4.00. The van der Waals surface area contributed by atoms with E-state index in [1.807, 2.05) is 49.1 Å². The van der Waals surface area contributed by atoms with E-state index in [2.05, 4.69) is 15.0 Å². The summed E-state index contributed by atoms with van der Waals surface area (Å²) >= 11 is 0. The molecular weight excluding hydrogens is 354 g/mol. The molecule has 146 valence electrons. The summed E-state index contributed by atoms with van der Waals surface area (Å²) in [6.07, 6.45) is 5.18. The van der Waals surface area contributed by atoms with Gasteiger partial charge in [0.05, 0.1) is 0 Å². The second kappa shape index (κ2) is 7.10. The molecule has 0 unspecified atom stereocenters. The Hall–Kier alpha value is -3.16. The van der Waals surface area contributed by atoms with Gasteiger partial charge in [0.2, 0.25) is 11.9 Å². The maximum Gasteiger partial charge on any atom is 0.322 e. The van der Waals surface area contributed by atoms with Gasteiger partial charge in [-0.25, -0.2) is 15.0 Å². The molecule has 0 saturated heterocycles. The molecule has 4 N–H and O–H groups in total. The molecule has 2 aliphatic rings. The molecule has 1 aliphatic heterocycles. The summed E-state index contributed by atoms with van der Waals surface area (Å²) in [5.41, 5.74) is 14.4. The fourth-order valence-corrected chi connectivity index (χ4v) is 4.00. The normalized spacial score (nSPS) is 18.6. The summed E-state index contributed by atoms with van der Waals surface area (Å²) < 4.78 is 5.81. The van der Waals surface area contributed by atoms with E-state index in [1.165, 1.54) is 6.42 Å². The van der Waals surface area contributed by atoms with Gasteiger partial charge in [-0.2, -0.15) is 4.99 Å². The van der Waals surface area contributed by atoms with E-state index in [4.69, 9.17) is 21.2 Å². The summed E-state index contributed by atoms with van der Waals surface area (Å²) in [6.45, 7) is 3.83. The lowest BCUT2D eigenvalue weighted by atomic mass is 9.87. The van der Waals surface area contributed by atoms with Gasteiger partial charge >= 0.3 is 6.01 Å². The van der Waals surface area contributed by atoms with Crippen molar-refractivity contribution in [2.75, 3.05) is 4.90 Å². The van der Waals surface area contributed by atoms with Crippen LogP contribution in [0.1, 0.15) is 43.5 Å². The van der Waals surface area contributed by atoms with E-state index in [0.29, 0.717) is 17.7 Å². The van der Waals surface area contributed by atoms with Gasteiger partial charge in [0.1, 0.15) is 11.4 Å². The number of hydrogen-bond donors (Lipinski definition) is 2. The highest BCUT2D eigenvalue weighted by molar-refractivity contribution is 6.05. The van der Waals surface area contributed by atoms with E-state index in [0.717, 1.165) is 42.8 Å². The van der Waals surface area contributed by atoms with Crippen LogP contribution in [0.4, 0.5) is 5.69 Å². The molecule has 2 heterocycles. The number of benzene rings is 1. The lowest BCUT2D eigenvalue weighted by Gasteiger charge is -2.45. The highest BCUT2D eigenvalue weighted by atomic mass is 16.5. The van der Waals surface area contributed by atoms with Crippen molar-refractivity contribution >= 4 is 17.6 Å². The minimum absolute atomic E-state index is 0.252. The predicted octanol–water partition coefficient (Wildman–Crippen LogP) is 3.00. The molecule has 0 atom stereocenters. The third-order valence-corrected chi connectivity index (χ3v) is 5.12. The predicted molar refractivity (Wildman–Crippen MR) is 110 cm³/mol. The molecule has 1 spiro atoms. The van der Waals surface area contributed by atoms with Crippen LogP contribution in [-0.4, -0.2) is 27.5 Å². The Labute approximate surface area is 164 Å². The number of aromatic nitrogens is 2. The Bertz CT molecular complexity index is 910. The number of rotatable bonds is 3. The topological polar surface area (TPSA) is 115 Å². The van der Waals surface area contributed by atoms with Crippen molar-refractivity contribution in [3.63, 3.8) is 0 Å². The number of hydrogen-bond acceptors (Lipinski definition) is 8. The third kappa shape index (κ3) is 3.49. The lowest BCUT2D eigenvalue weighted by Crippen LogP contribution is -2.58. The monoisotopic (exact) mass is 379 g/mol. The molecule has 4 rings (SSSR count). The van der Waals surface area contributed by atoms with Crippen molar-refractivity contribution in [2.45, 2.75) is 51.6 Å². The first-order valence-electron chi connectivity index (χ1n) is 9.55. The van der Waals surface area contributed by atoms with Gasteiger partial charge in [-0.3, -0.25) is 4.90 Å². The highest BCUT2D eigenvalue weighted by Gasteiger charge is 2.42. The zero-order valence-electron chi connectivity index (χ0n) is 16.2. The third-order valence-electron chi connectivity index (χ3n) is 5.12. The van der Waals surface area contributed by atoms with Crippen molar-refractivity contribution in [1.29, 1.82) is 0 Å². The number of guanidine groups is 2. The van der Waals surface area contributed by atoms with Gasteiger partial charge < -0.3 is 16.2 Å². The summed E-state index contributed by atoms with van der Waals surface area (Å²) in [5, 5.41) is 0. The highest BCUT2D eigenvalue weighted by Crippen LogP contribution is 2.39. The number of ether oxygens (including phenoxy) is 1. The zero-order valence-corrected chi connectivity index (χ0v) is 16.2. The maximum absolute atomic E-state index is 6.27. The van der Waals surface area contributed by atoms with Crippen LogP contribution in [-0.2, 0) is 0 Å². The quantitative estimate of drug-likeness (QED) is 0.847. The van der Waals surface area contributed by atoms with E-state index >= 15 is 0 Å². The zero-order chi connectivity index (χ0) is 19.7. The van der Waals surface area contributed by atoms with E-state index in [-0.39, 0.29) is 5.96 Å². The Morgan fingerprint density at radius 3 is 2.25 bits per heavy atom. The molecule has 1 fully saturated rings. The molecule has 1 aromatic carbocycles. The SMILES string of the molecule is Cc1cc(C)nc(Oc2ccc(N3C(N)=NC(N)=NC34CCCCC4)cc2)n1. The second-order valence-corrected chi connectivity index (χ2v) is 7.35. The molecule has 1 aromatic heterocycles. The second-order valence-electron chi connectivity index (χ2n) is 7.35. The van der Waals surface area contributed by atoms with Crippen LogP contribution in [0.2, 0.25) is 0 Å². The van der Waals surface area contributed by atoms with Gasteiger partial charge in [-0.15, -0.1) is 0 Å². The molecule has 8 heteroatoms. The van der Waals surface area contributed by atoms with Crippen LogP contribution in [0.15, 0.2) is 40.3 Å². The molecule has 0 bridgehead atoms. The van der Waals surface area contributed by atoms with Crippen LogP contribution in [0.3, 0.4) is 0 Å². The largest absolute Gasteiger partial charge is 0.424 e. The molecule has 2 aromatic rings. The number of nitrogens with zero attached hydrogens (tertiary/aromatic N) is 5. The van der Waals surface area contributed by atoms with E-state index < -0.39 is 5.66 Å². The van der Waals surface area contributed by atoms with Gasteiger partial charge in [0.15, 0.2) is 0 Å². The molecule has 1 saturated carbocycles. The van der Waals surface area contributed by atoms with Crippen LogP contribution >= 0.6 is 0 Å². The van der Waals surface area contributed by atoms with Crippen LogP contribution < -0.4 is 21.1 Å². The lowest BCUT2D eigenvalue weighted by molar-refractivity contribution is 0.305. The van der Waals surface area contributed by atoms with Crippen molar-refractivity contribution in [2.24, 2.45) is 21.5 Å². The molecular formula is C20H25N7O. The van der Waals surface area contributed by atoms with E-state index in [9.17, 15) is 0 Å². The number of nitrogens with two attached hydrogens (primary N) is 2. The number of anilines is 1. The summed E-state index contributed by atoms with van der Waals surface area (Å²) in [6, 6.07) is 9.90. The van der Waals surface area contributed by atoms with Crippen LogP contribution in [0.25, 0.3) is 0 Å². The van der Waals surface area contributed by atoms with Gasteiger partial charge in [0.25, 0.3) is 0 Å². The summed E-state index contributed by atoms with van der Waals surface area (Å²) in [4.78, 5) is 19.5. The minimum atomic E-state index is -0.451. The maximum atomic E-state index is 6.27. The van der Waals surface area contributed by atoms with Crippen molar-refractivity contribution in [3.05, 3.63) is 41.7 Å². The Morgan fingerprint density at radius 2 is 1.61 bits per heavy atom. The van der Waals surface area contributed by atoms with Crippen LogP contribution in [0.5, 0.6) is 11.8 Å². The summed E-state index contributed by atoms with van der Waals surface area (Å²) in [7, 11) is 0. The first kappa shape index (κ1) is 18.2. The standard InChI is InChI=1S/C20H25N7O/c1-13-12-14(2)24-19(23-13)28-16-8-6-15(7-9-16)27-18(22)25-17(21)26-20(27)10-4-3-5-11-20/h6-9,12H,3-5,10-11H2,1-2H3,(H4,21,22,25,26). The average Bonchev–Trinajstić information content (AvgIpc) is 2.62. The Morgan fingerprint density at radius 1 is 0.964 bits per heavy atom. The molecule has 0 amide bonds. The first-order chi connectivity index (χ1) is 13.4. The smallest absolute Gasteiger partial charge is 0.322 e. The number of aliphatic imine (C=N–C) groups is 2. The van der Waals surface area contributed by atoms with Crippen molar-refractivity contribution < 1.29 is 4.74 Å². The molecule has 1 aliphatic carbocycles. The first-order valence-corrected chi connectivity index (χ1v) is 9.55. The summed E-state index contributed by atoms with van der Waals surface area (Å²) in [5.74, 6) is 1.28. The van der Waals surface area contributed by atoms with Crippen molar-refractivity contribution in [1.82, 2.24) is 9.97 Å². The minimum Gasteiger partial charge on any atom is -0.424 e. The number of aryl methyl sites for hydroxylation is 2. The molecule has 0 radical (unpaired) electrons. The van der Waals surface area contributed by atoms with Gasteiger partial charge in [0, 0.05) is 17.1 Å². The van der Waals surface area contributed by atoms with Crippen molar-refractivity contribution in [3.8, 4) is 11.8 Å². The Kier molecular flexibility index (Phi) is 4.62. The average molecular weight is 379 g/mol. The molecule has 8 nitrogen and oxygen atoms in total. The van der Waals surface area contributed by atoms with Crippen LogP contribution in [0, 0.1) is 13.8 Å². The fraction of sp³-hybridized carbons (Fsp3) is 0.400. The Balaban J connectivity index is 1.61. The van der Waals surface area contributed by atoms with Gasteiger partial charge in [-0.05, 0) is 69.9 Å². The molecule has 28 heavy (non-hydrogen) atoms.